The molecule has 0 aromatic heterocycles. The van der Waals surface area contributed by atoms with Crippen LogP contribution in [-0.4, -0.2) is 92.6 Å². The van der Waals surface area contributed by atoms with Crippen molar-refractivity contribution in [3.8, 4) is 0 Å². The second-order valence-electron chi connectivity index (χ2n) is 8.09. The van der Waals surface area contributed by atoms with Crippen LogP contribution in [0.3, 0.4) is 0 Å². The number of benzene rings is 1. The molecule has 0 aliphatic carbocycles. The number of aliphatic imine (C=N–C) groups is 1. The van der Waals surface area contributed by atoms with E-state index in [1.165, 1.54) is 5.56 Å². The van der Waals surface area contributed by atoms with E-state index in [0.717, 1.165) is 77.7 Å². The fourth-order valence-electron chi connectivity index (χ4n) is 4.26. The van der Waals surface area contributed by atoms with E-state index < -0.39 is 0 Å². The third-order valence-electron chi connectivity index (χ3n) is 6.05. The molecule has 2 saturated heterocycles. The molecule has 0 atom stereocenters. The Morgan fingerprint density at radius 1 is 1.07 bits per heavy atom. The highest BCUT2D eigenvalue weighted by Gasteiger charge is 2.27. The Bertz CT molecular complexity index is 665. The van der Waals surface area contributed by atoms with E-state index in [2.05, 4.69) is 55.3 Å². The summed E-state index contributed by atoms with van der Waals surface area (Å²) in [5, 5.41) is 3.51. The first kappa shape index (κ1) is 22.6. The lowest BCUT2D eigenvalue weighted by molar-refractivity contribution is -0.149. The zero-order valence-electron chi connectivity index (χ0n) is 18.6. The molecule has 2 heterocycles. The average Bonchev–Trinajstić information content (AvgIpc) is 2.79. The van der Waals surface area contributed by atoms with Crippen molar-refractivity contribution in [3.63, 3.8) is 0 Å². The zero-order chi connectivity index (χ0) is 21.2. The Morgan fingerprint density at radius 2 is 1.73 bits per heavy atom. The van der Waals surface area contributed by atoms with Crippen LogP contribution in [0.5, 0.6) is 0 Å². The highest BCUT2D eigenvalue weighted by atomic mass is 16.5. The number of piperazine rings is 1. The largest absolute Gasteiger partial charge is 0.466 e. The SMILES string of the molecule is CCOC(=O)C1CCN(C(=NC)NCCN2CCN(Cc3ccccc3)CC2)CC1. The van der Waals surface area contributed by atoms with Crippen LogP contribution in [0, 0.1) is 5.92 Å². The van der Waals surface area contributed by atoms with Crippen LogP contribution in [-0.2, 0) is 16.1 Å². The number of guanidine groups is 1. The van der Waals surface area contributed by atoms with Gasteiger partial charge in [0.05, 0.1) is 12.5 Å². The number of piperidine rings is 1. The smallest absolute Gasteiger partial charge is 0.309 e. The summed E-state index contributed by atoms with van der Waals surface area (Å²) in [6.07, 6.45) is 1.67. The van der Waals surface area contributed by atoms with Crippen LogP contribution in [0.25, 0.3) is 0 Å². The highest BCUT2D eigenvalue weighted by molar-refractivity contribution is 5.80. The van der Waals surface area contributed by atoms with Crippen molar-refractivity contribution in [1.82, 2.24) is 20.0 Å². The van der Waals surface area contributed by atoms with Crippen molar-refractivity contribution in [1.29, 1.82) is 0 Å². The van der Waals surface area contributed by atoms with Gasteiger partial charge in [-0.1, -0.05) is 30.3 Å². The maximum atomic E-state index is 11.9. The summed E-state index contributed by atoms with van der Waals surface area (Å²) in [5.74, 6) is 0.929. The van der Waals surface area contributed by atoms with Crippen molar-refractivity contribution in [3.05, 3.63) is 35.9 Å². The standard InChI is InChI=1S/C23H37N5O2/c1-3-30-22(29)21-9-12-28(13-10-21)23(24-2)25-11-14-26-15-17-27(18-16-26)19-20-7-5-4-6-8-20/h4-8,21H,3,9-19H2,1-2H3,(H,24,25). The molecule has 2 aliphatic heterocycles. The zero-order valence-corrected chi connectivity index (χ0v) is 18.6. The minimum absolute atomic E-state index is 0.0338. The number of hydrogen-bond acceptors (Lipinski definition) is 5. The van der Waals surface area contributed by atoms with Gasteiger partial charge in [-0.2, -0.15) is 0 Å². The number of carbonyl (C=O) groups is 1. The lowest BCUT2D eigenvalue weighted by atomic mass is 9.97. The molecule has 7 heteroatoms. The van der Waals surface area contributed by atoms with Crippen LogP contribution >= 0.6 is 0 Å². The van der Waals surface area contributed by atoms with Crippen molar-refractivity contribution in [2.45, 2.75) is 26.3 Å². The third kappa shape index (κ3) is 6.71. The molecule has 0 amide bonds. The van der Waals surface area contributed by atoms with E-state index in [0.29, 0.717) is 6.61 Å². The lowest BCUT2D eigenvalue weighted by Crippen LogP contribution is -2.50. The molecule has 30 heavy (non-hydrogen) atoms. The summed E-state index contributed by atoms with van der Waals surface area (Å²) in [4.78, 5) is 23.7. The molecule has 1 N–H and O–H groups in total. The Morgan fingerprint density at radius 3 is 2.37 bits per heavy atom. The molecule has 2 aliphatic rings. The summed E-state index contributed by atoms with van der Waals surface area (Å²) in [6.45, 7) is 11.4. The first-order valence-electron chi connectivity index (χ1n) is 11.3. The molecule has 0 unspecified atom stereocenters. The maximum Gasteiger partial charge on any atom is 0.309 e. The topological polar surface area (TPSA) is 60.4 Å². The van der Waals surface area contributed by atoms with Gasteiger partial charge in [0.15, 0.2) is 5.96 Å². The van der Waals surface area contributed by atoms with E-state index in [1.54, 1.807) is 0 Å². The van der Waals surface area contributed by atoms with Gasteiger partial charge in [-0.3, -0.25) is 19.6 Å². The molecular weight excluding hydrogens is 378 g/mol. The Balaban J connectivity index is 1.32. The second-order valence-corrected chi connectivity index (χ2v) is 8.09. The number of likely N-dealkylation sites (tertiary alicyclic amines) is 1. The van der Waals surface area contributed by atoms with Crippen LogP contribution in [0.2, 0.25) is 0 Å². The number of nitrogens with one attached hydrogen (secondary N) is 1. The summed E-state index contributed by atoms with van der Waals surface area (Å²) < 4.78 is 5.16. The Kier molecular flexibility index (Phi) is 8.96. The summed E-state index contributed by atoms with van der Waals surface area (Å²) in [6, 6.07) is 10.7. The molecule has 2 fully saturated rings. The van der Waals surface area contributed by atoms with Crippen molar-refractivity contribution < 1.29 is 9.53 Å². The molecule has 0 spiro atoms. The fourth-order valence-corrected chi connectivity index (χ4v) is 4.26. The Hall–Kier alpha value is -2.12. The van der Waals surface area contributed by atoms with Gasteiger partial charge in [-0.05, 0) is 25.3 Å². The highest BCUT2D eigenvalue weighted by Crippen LogP contribution is 2.18. The third-order valence-corrected chi connectivity index (χ3v) is 6.05. The normalized spacial score (nSPS) is 19.7. The van der Waals surface area contributed by atoms with E-state index >= 15 is 0 Å². The first-order valence-corrected chi connectivity index (χ1v) is 11.3. The minimum Gasteiger partial charge on any atom is -0.466 e. The van der Waals surface area contributed by atoms with Gasteiger partial charge >= 0.3 is 5.97 Å². The molecule has 166 valence electrons. The van der Waals surface area contributed by atoms with Gasteiger partial charge in [0.25, 0.3) is 0 Å². The number of hydrogen-bond donors (Lipinski definition) is 1. The molecule has 1 aromatic carbocycles. The molecule has 1 aromatic rings. The maximum absolute atomic E-state index is 11.9. The monoisotopic (exact) mass is 415 g/mol. The van der Waals surface area contributed by atoms with Crippen molar-refractivity contribution in [2.24, 2.45) is 10.9 Å². The van der Waals surface area contributed by atoms with Gasteiger partial charge in [0.2, 0.25) is 0 Å². The van der Waals surface area contributed by atoms with Crippen LogP contribution in [0.4, 0.5) is 0 Å². The van der Waals surface area contributed by atoms with Crippen molar-refractivity contribution >= 4 is 11.9 Å². The minimum atomic E-state index is -0.0495. The van der Waals surface area contributed by atoms with Gasteiger partial charge in [-0.15, -0.1) is 0 Å². The molecule has 0 saturated carbocycles. The summed E-state index contributed by atoms with van der Waals surface area (Å²) in [7, 11) is 1.84. The van der Waals surface area contributed by atoms with E-state index in [9.17, 15) is 4.79 Å². The van der Waals surface area contributed by atoms with Gasteiger partial charge in [-0.25, -0.2) is 0 Å². The lowest BCUT2D eigenvalue weighted by Gasteiger charge is -2.36. The average molecular weight is 416 g/mol. The quantitative estimate of drug-likeness (QED) is 0.415. The van der Waals surface area contributed by atoms with Gasteiger partial charge < -0.3 is 15.0 Å². The molecule has 0 bridgehead atoms. The summed E-state index contributed by atoms with van der Waals surface area (Å²) >= 11 is 0. The van der Waals surface area contributed by atoms with Gasteiger partial charge in [0, 0.05) is 66.0 Å². The van der Waals surface area contributed by atoms with E-state index in [4.69, 9.17) is 4.74 Å². The number of rotatable bonds is 7. The number of ether oxygens (including phenoxy) is 1. The number of nitrogens with zero attached hydrogens (tertiary/aromatic N) is 4. The van der Waals surface area contributed by atoms with E-state index in [1.807, 2.05) is 14.0 Å². The molecule has 7 nitrogen and oxygen atoms in total. The molecule has 3 rings (SSSR count). The molecule has 0 radical (unpaired) electrons. The van der Waals surface area contributed by atoms with Gasteiger partial charge in [0.1, 0.15) is 0 Å². The van der Waals surface area contributed by atoms with Crippen LogP contribution in [0.15, 0.2) is 35.3 Å². The summed E-state index contributed by atoms with van der Waals surface area (Å²) in [5.41, 5.74) is 1.39. The second kappa shape index (κ2) is 11.9. The van der Waals surface area contributed by atoms with E-state index in [-0.39, 0.29) is 11.9 Å². The van der Waals surface area contributed by atoms with Crippen molar-refractivity contribution in [2.75, 3.05) is 66.0 Å². The fraction of sp³-hybridized carbons (Fsp3) is 0.652. The Labute approximate surface area is 181 Å². The molecular formula is C23H37N5O2. The van der Waals surface area contributed by atoms with Crippen LogP contribution < -0.4 is 5.32 Å². The predicted octanol–water partition coefficient (Wildman–Crippen LogP) is 1.65. The first-order chi connectivity index (χ1) is 14.7. The van der Waals surface area contributed by atoms with Crippen LogP contribution in [0.1, 0.15) is 25.3 Å². The predicted molar refractivity (Wildman–Crippen MR) is 120 cm³/mol. The number of esters is 1. The number of carbonyl (C=O) groups excluding carboxylic acids is 1.